The summed E-state index contributed by atoms with van der Waals surface area (Å²) in [6.07, 6.45) is 0. The highest BCUT2D eigenvalue weighted by molar-refractivity contribution is 7.06. The predicted molar refractivity (Wildman–Crippen MR) is 368 cm³/mol. The highest BCUT2D eigenvalue weighted by atomic mass is 28.5. The topological polar surface area (TPSA) is 129 Å². The summed E-state index contributed by atoms with van der Waals surface area (Å²) in [7, 11) is -117. The molecule has 10 atom stereocenters. The van der Waals surface area contributed by atoms with Crippen LogP contribution in [0.25, 0.3) is 0 Å². The Morgan fingerprint density at radius 2 is 0.496 bits per heavy atom. The van der Waals surface area contributed by atoms with E-state index in [0.717, 1.165) is 6.92 Å². The quantitative estimate of drug-likeness (QED) is 0.0847. The Bertz CT molecular complexity index is 3470. The molecular formula is C48H81F43O14Si16. The molecule has 4 rings (SSSR count). The molecule has 0 spiro atoms. The molecule has 0 aliphatic carbocycles. The van der Waals surface area contributed by atoms with Crippen molar-refractivity contribution in [3.8, 4) is 0 Å². The van der Waals surface area contributed by atoms with Crippen LogP contribution in [0.3, 0.4) is 0 Å². The van der Waals surface area contributed by atoms with Crippen LogP contribution < -0.4 is 0 Å². The van der Waals surface area contributed by atoms with Gasteiger partial charge in [-0.1, -0.05) is 34.6 Å². The largest absolute Gasteiger partial charge is 0.467 e. The van der Waals surface area contributed by atoms with E-state index in [-0.39, 0.29) is 47.7 Å². The summed E-state index contributed by atoms with van der Waals surface area (Å²) in [5.41, 5.74) is -65.9. The average molecular weight is 2150 g/mol. The molecule has 0 bridgehead atoms. The van der Waals surface area contributed by atoms with Crippen LogP contribution >= 0.6 is 0 Å². The molecule has 0 radical (unpaired) electrons. The number of hydrogen-bond donors (Lipinski definition) is 0. The Hall–Kier alpha value is -0.0999. The van der Waals surface area contributed by atoms with Crippen LogP contribution in [0.15, 0.2) is 0 Å². The second-order valence-electron chi connectivity index (χ2n) is 31.0. The van der Waals surface area contributed by atoms with Gasteiger partial charge in [0.05, 0.1) is 12.1 Å². The lowest BCUT2D eigenvalue weighted by Crippen LogP contribution is -2.87. The first-order chi connectivity index (χ1) is 52.0. The van der Waals surface area contributed by atoms with E-state index in [2.05, 4.69) is 28.8 Å². The summed E-state index contributed by atoms with van der Waals surface area (Å²) < 4.78 is 730. The van der Waals surface area contributed by atoms with Gasteiger partial charge in [0.2, 0.25) is 0 Å². The van der Waals surface area contributed by atoms with Gasteiger partial charge in [0.25, 0.3) is 69.3 Å². The van der Waals surface area contributed by atoms with Crippen molar-refractivity contribution in [1.29, 1.82) is 0 Å². The van der Waals surface area contributed by atoms with E-state index < -0.39 is 339 Å². The molecular weight excluding hydrogens is 2070 g/mol. The molecule has 0 saturated carbocycles. The Balaban J connectivity index is 0.000000635. The van der Waals surface area contributed by atoms with E-state index in [1.807, 2.05) is 0 Å². The average Bonchev–Trinajstić information content (AvgIpc) is 0.679. The predicted octanol–water partition coefficient (Wildman–Crippen LogP) is 22.7. The van der Waals surface area contributed by atoms with Gasteiger partial charge < -0.3 is 57.6 Å². The number of rotatable bonds is 20. The molecule has 0 aromatic heterocycles. The van der Waals surface area contributed by atoms with Crippen molar-refractivity contribution < 1.29 is 246 Å². The maximum Gasteiger partial charge on any atom is 0.467 e. The van der Waals surface area contributed by atoms with Gasteiger partial charge in [-0.05, 0) is 102 Å². The van der Waals surface area contributed by atoms with Gasteiger partial charge in [0.1, 0.15) is 0 Å². The van der Waals surface area contributed by atoms with E-state index in [4.69, 9.17) is 28.8 Å². The lowest BCUT2D eigenvalue weighted by atomic mass is 10.8. The van der Waals surface area contributed by atoms with Crippen molar-refractivity contribution in [3.05, 3.63) is 0 Å². The minimum absolute atomic E-state index is 0.0477. The molecule has 73 heteroatoms. The summed E-state index contributed by atoms with van der Waals surface area (Å²) in [5.74, 6) is -47.5. The molecule has 0 aromatic rings. The third-order valence-electron chi connectivity index (χ3n) is 20.3. The van der Waals surface area contributed by atoms with E-state index in [1.54, 1.807) is 0 Å². The summed E-state index contributed by atoms with van der Waals surface area (Å²) in [6.45, 7) is -2.46. The van der Waals surface area contributed by atoms with E-state index >= 15 is 96.6 Å². The van der Waals surface area contributed by atoms with Gasteiger partial charge in [-0.15, -0.1) is 0 Å². The van der Waals surface area contributed by atoms with Crippen molar-refractivity contribution in [2.45, 2.75) is 298 Å². The Kier molecular flexibility index (Phi) is 31.3. The number of hydrogen-bond acceptors (Lipinski definition) is 14. The molecule has 0 N–H and O–H groups in total. The Labute approximate surface area is 677 Å². The number of alkyl halides is 43. The molecule has 4 aliphatic heterocycles. The molecule has 722 valence electrons. The van der Waals surface area contributed by atoms with Crippen LogP contribution in [0.2, 0.25) is 99.5 Å². The Morgan fingerprint density at radius 3 is 0.736 bits per heavy atom. The highest BCUT2D eigenvalue weighted by Gasteiger charge is 2.93. The second kappa shape index (κ2) is 32.9. The van der Waals surface area contributed by atoms with Gasteiger partial charge in [0.15, 0.2) is 0 Å². The fourth-order valence-corrected chi connectivity index (χ4v) is 109. The summed E-state index contributed by atoms with van der Waals surface area (Å²) >= 11 is 0. The minimum atomic E-state index is -8.79. The first-order valence-electron chi connectivity index (χ1n) is 34.5. The van der Waals surface area contributed by atoms with Crippen molar-refractivity contribution in [2.24, 2.45) is 0 Å². The Morgan fingerprint density at radius 1 is 0.207 bits per heavy atom. The summed E-state index contributed by atoms with van der Waals surface area (Å²) in [6, 6.07) is -15.0. The highest BCUT2D eigenvalue weighted by Crippen LogP contribution is 2.64. The maximum absolute atomic E-state index is 18.2. The molecule has 4 saturated heterocycles. The standard InChI is InChI=1S/C31H56F20O7Si8.C17H25F23O7Si8/c1-15-59(22(6,32)33)21-60(23(7,34)35,24(8,36)37)53-66(30(14,48)49,58-61(16-2,52-59)25(9,38)39)31(50,51)20-65(29(13,46)47)56-63(18-4,27(11,42)43)54-62(17-3,26(10,40)41)55-64(19-5,57-65)28(12,44)45;1-48(2)41-51(5,12(23,24)25)46-55(17(38,39)40,47-52(6,42-48)13(26,27)28)8-10(18,19)50(4)43-49(3,11(20,21)22)9-54(15(32,33)34,16(35,36)37)45-53(7,44-50)14(29,30)31/h15-21H2,1-14H3;8-9H2,1-7H3. The van der Waals surface area contributed by atoms with Gasteiger partial charge >= 0.3 is 168 Å². The molecule has 10 unspecified atom stereocenters. The van der Waals surface area contributed by atoms with Crippen LogP contribution in [0.5, 0.6) is 0 Å². The molecule has 4 heterocycles. The lowest BCUT2D eigenvalue weighted by Gasteiger charge is -2.59. The lowest BCUT2D eigenvalue weighted by molar-refractivity contribution is -0.141. The number of halogens is 43. The van der Waals surface area contributed by atoms with E-state index in [1.165, 1.54) is 0 Å². The van der Waals surface area contributed by atoms with Crippen molar-refractivity contribution >= 4 is 136 Å². The minimum Gasteiger partial charge on any atom is -0.428 e. The van der Waals surface area contributed by atoms with Gasteiger partial charge in [-0.3, -0.25) is 0 Å². The zero-order valence-corrected chi connectivity index (χ0v) is 82.3. The van der Waals surface area contributed by atoms with Crippen molar-refractivity contribution in [1.82, 2.24) is 0 Å². The molecule has 0 amide bonds. The van der Waals surface area contributed by atoms with Crippen LogP contribution in [-0.2, 0) is 57.6 Å². The van der Waals surface area contributed by atoms with Crippen molar-refractivity contribution in [2.75, 3.05) is 0 Å². The first-order valence-corrected chi connectivity index (χ1v) is 69.7. The normalized spacial score (nSPS) is 35.6. The van der Waals surface area contributed by atoms with Crippen LogP contribution in [-0.4, -0.2) is 238 Å². The SMILES string of the molecule is CC[Si]1(C(C)(F)F)C[Si](C(C)(F)F)(C(C)(F)F)O[Si](C(C)(F)F)(C(F)(F)C[Si]2(C(C)(F)F)O[Si](CC)(C(C)(F)F)O[Si](CC)(C(C)(F)F)O[Si](CC)(C(C)(F)F)O2)O[Si](CC)(C(C)(F)F)O1.C[Si]1(C)O[Si](C)(C(F)(F)F)O[Si](CC(F)(F)[Si]2(C)O[Si](C)(C(F)(F)F)C[Si](C(F)(F)F)(C(F)(F)F)O[Si](C)(C(F)(F)F)O2)(C(F)(F)F)O[Si](C)(C(F)(F)F)O1. The molecule has 4 aliphatic rings. The summed E-state index contributed by atoms with van der Waals surface area (Å²) in [4.78, 5) is 0. The monoisotopic (exact) mass is 2150 g/mol. The first kappa shape index (κ1) is 115. The third kappa shape index (κ3) is 20.5. The van der Waals surface area contributed by atoms with Gasteiger partial charge in [0, 0.05) is 47.2 Å². The van der Waals surface area contributed by atoms with Crippen LogP contribution in [0.4, 0.5) is 189 Å². The summed E-state index contributed by atoms with van der Waals surface area (Å²) in [5, 5.41) is 0. The van der Waals surface area contributed by atoms with E-state index in [9.17, 15) is 92.2 Å². The fraction of sp³-hybridized carbons (Fsp3) is 1.00. The van der Waals surface area contributed by atoms with Gasteiger partial charge in [-0.25, -0.2) is 96.6 Å². The molecule has 4 fully saturated rings. The second-order valence-corrected chi connectivity index (χ2v) is 91.2. The zero-order valence-electron chi connectivity index (χ0n) is 66.3. The maximum atomic E-state index is 18.2. The zero-order chi connectivity index (χ0) is 97.3. The smallest absolute Gasteiger partial charge is 0.428 e. The van der Waals surface area contributed by atoms with Crippen molar-refractivity contribution in [3.63, 3.8) is 0 Å². The molecule has 14 nitrogen and oxygen atoms in total. The molecule has 0 aromatic carbocycles. The third-order valence-corrected chi connectivity index (χ3v) is 99.3. The van der Waals surface area contributed by atoms with Gasteiger partial charge in [-0.2, -0.15) is 92.2 Å². The van der Waals surface area contributed by atoms with E-state index in [0.29, 0.717) is 40.8 Å². The molecule has 121 heavy (non-hydrogen) atoms. The fourth-order valence-electron chi connectivity index (χ4n) is 13.3. The van der Waals surface area contributed by atoms with Crippen LogP contribution in [0.1, 0.15) is 96.9 Å². The van der Waals surface area contributed by atoms with Crippen LogP contribution in [0, 0.1) is 0 Å².